The molecule has 3 rings (SSSR count). The van der Waals surface area contributed by atoms with Gasteiger partial charge in [-0.3, -0.25) is 9.78 Å². The minimum Gasteiger partial charge on any atom is -0.408 e. The van der Waals surface area contributed by atoms with Crippen molar-refractivity contribution in [3.8, 4) is 0 Å². The van der Waals surface area contributed by atoms with Gasteiger partial charge in [0, 0.05) is 36.6 Å². The molecule has 3 N–H and O–H groups in total. The van der Waals surface area contributed by atoms with Crippen molar-refractivity contribution < 1.29 is 13.6 Å². The minimum atomic E-state index is -0.542. The third-order valence-corrected chi connectivity index (χ3v) is 4.77. The number of aromatic amines is 1. The van der Waals surface area contributed by atoms with Gasteiger partial charge in [0.2, 0.25) is 5.91 Å². The summed E-state index contributed by atoms with van der Waals surface area (Å²) in [5, 5.41) is 6.00. The molecule has 1 heterocycles. The third-order valence-electron chi connectivity index (χ3n) is 4.46. The zero-order valence-electron chi connectivity index (χ0n) is 16.1. The molecule has 0 unspecified atom stereocenters. The Bertz CT molecular complexity index is 1070. The van der Waals surface area contributed by atoms with E-state index in [0.29, 0.717) is 29.9 Å². The van der Waals surface area contributed by atoms with Gasteiger partial charge in [0.15, 0.2) is 5.58 Å². The molecular formula is C20H22ClFN4O3. The number of likely N-dealkylation sites (N-methyl/N-ethyl adjacent to an activating group) is 1. The number of aromatic nitrogens is 1. The van der Waals surface area contributed by atoms with E-state index in [1.165, 1.54) is 12.1 Å². The Labute approximate surface area is 171 Å². The summed E-state index contributed by atoms with van der Waals surface area (Å²) in [6.07, 6.45) is 0. The number of hydrogen-bond donors (Lipinski definition) is 3. The minimum absolute atomic E-state index is 0.0235. The van der Waals surface area contributed by atoms with Crippen molar-refractivity contribution in [2.45, 2.75) is 19.9 Å². The second-order valence-electron chi connectivity index (χ2n) is 6.69. The van der Waals surface area contributed by atoms with Crippen LogP contribution in [0.3, 0.4) is 0 Å². The van der Waals surface area contributed by atoms with E-state index in [1.807, 2.05) is 18.7 Å². The first kappa shape index (κ1) is 20.9. The summed E-state index contributed by atoms with van der Waals surface area (Å²) in [7, 11) is 0. The normalized spacial score (nSPS) is 12.1. The highest BCUT2D eigenvalue weighted by atomic mass is 35.5. The molecule has 0 aliphatic rings. The monoisotopic (exact) mass is 420 g/mol. The highest BCUT2D eigenvalue weighted by Gasteiger charge is 2.13. The lowest BCUT2D eigenvalue weighted by Gasteiger charge is -2.27. The van der Waals surface area contributed by atoms with E-state index < -0.39 is 11.6 Å². The summed E-state index contributed by atoms with van der Waals surface area (Å²) in [5.74, 6) is -1.23. The lowest BCUT2D eigenvalue weighted by Crippen LogP contribution is -2.42. The smallest absolute Gasteiger partial charge is 0.408 e. The van der Waals surface area contributed by atoms with Gasteiger partial charge in [-0.2, -0.15) is 0 Å². The number of rotatable bonds is 8. The van der Waals surface area contributed by atoms with E-state index in [1.54, 1.807) is 24.3 Å². The number of amides is 1. The first-order chi connectivity index (χ1) is 13.9. The molecule has 0 fully saturated rings. The van der Waals surface area contributed by atoms with Crippen LogP contribution < -0.4 is 21.3 Å². The van der Waals surface area contributed by atoms with E-state index in [4.69, 9.17) is 16.0 Å². The molecule has 0 aliphatic heterocycles. The van der Waals surface area contributed by atoms with Crippen molar-refractivity contribution in [3.05, 3.63) is 57.8 Å². The summed E-state index contributed by atoms with van der Waals surface area (Å²) < 4.78 is 18.7. The van der Waals surface area contributed by atoms with Crippen LogP contribution in [0.4, 0.5) is 15.8 Å². The number of nitrogens with zero attached hydrogens (tertiary/aromatic N) is 1. The van der Waals surface area contributed by atoms with Crippen molar-refractivity contribution in [1.29, 1.82) is 0 Å². The molecule has 2 aromatic carbocycles. The van der Waals surface area contributed by atoms with Crippen LogP contribution in [0.5, 0.6) is 0 Å². The van der Waals surface area contributed by atoms with E-state index in [0.717, 1.165) is 5.69 Å². The second kappa shape index (κ2) is 9.11. The number of fused-ring (bicyclic) bond motifs is 1. The topological polar surface area (TPSA) is 90.4 Å². The van der Waals surface area contributed by atoms with Crippen LogP contribution >= 0.6 is 11.6 Å². The summed E-state index contributed by atoms with van der Waals surface area (Å²) in [4.78, 5) is 28.0. The summed E-state index contributed by atoms with van der Waals surface area (Å²) in [6.45, 7) is 5.29. The van der Waals surface area contributed by atoms with Gasteiger partial charge in [-0.25, -0.2) is 9.18 Å². The van der Waals surface area contributed by atoms with Gasteiger partial charge in [-0.05, 0) is 44.2 Å². The van der Waals surface area contributed by atoms with Gasteiger partial charge >= 0.3 is 5.76 Å². The number of carbonyl (C=O) groups is 1. The standard InChI is InChI=1S/C20H22ClFN4O3/c1-3-26(14-5-6-15(21)16(22)9-14)11-12(2)23-10-19(27)24-13-4-7-17-18(8-13)29-20(28)25-17/h4-9,12,23H,3,10-11H2,1-2H3,(H,24,27)(H,25,28)/t12-/m1/s1. The van der Waals surface area contributed by atoms with Gasteiger partial charge in [0.05, 0.1) is 17.1 Å². The quantitative estimate of drug-likeness (QED) is 0.520. The molecule has 0 saturated heterocycles. The van der Waals surface area contributed by atoms with Crippen LogP contribution in [0.15, 0.2) is 45.6 Å². The predicted octanol–water partition coefficient (Wildman–Crippen LogP) is 3.36. The second-order valence-corrected chi connectivity index (χ2v) is 7.10. The van der Waals surface area contributed by atoms with Crippen LogP contribution in [0.2, 0.25) is 5.02 Å². The largest absolute Gasteiger partial charge is 0.417 e. The Morgan fingerprint density at radius 3 is 2.83 bits per heavy atom. The molecule has 0 aliphatic carbocycles. The zero-order chi connectivity index (χ0) is 21.0. The maximum atomic E-state index is 13.7. The molecule has 1 atom stereocenters. The van der Waals surface area contributed by atoms with Gasteiger partial charge in [0.25, 0.3) is 0 Å². The summed E-state index contributed by atoms with van der Waals surface area (Å²) >= 11 is 5.75. The van der Waals surface area contributed by atoms with E-state index in [9.17, 15) is 14.0 Å². The Hall–Kier alpha value is -2.84. The van der Waals surface area contributed by atoms with Crippen LogP contribution in [0.25, 0.3) is 11.1 Å². The number of H-pyrrole nitrogens is 1. The number of halogens is 2. The van der Waals surface area contributed by atoms with Gasteiger partial charge in [-0.15, -0.1) is 0 Å². The Morgan fingerprint density at radius 1 is 1.31 bits per heavy atom. The zero-order valence-corrected chi connectivity index (χ0v) is 16.8. The molecule has 3 aromatic rings. The molecule has 29 heavy (non-hydrogen) atoms. The number of carbonyl (C=O) groups excluding carboxylic acids is 1. The van der Waals surface area contributed by atoms with Crippen molar-refractivity contribution >= 4 is 40.0 Å². The van der Waals surface area contributed by atoms with Crippen LogP contribution in [-0.2, 0) is 4.79 Å². The average molecular weight is 421 g/mol. The Balaban J connectivity index is 1.52. The molecule has 0 bridgehead atoms. The predicted molar refractivity (Wildman–Crippen MR) is 112 cm³/mol. The van der Waals surface area contributed by atoms with Crippen LogP contribution in [0, 0.1) is 5.82 Å². The SMILES string of the molecule is CCN(C[C@@H](C)NCC(=O)Nc1ccc2[nH]c(=O)oc2c1)c1ccc(Cl)c(F)c1. The van der Waals surface area contributed by atoms with E-state index in [-0.39, 0.29) is 23.5 Å². The van der Waals surface area contributed by atoms with E-state index in [2.05, 4.69) is 15.6 Å². The number of hydrogen-bond acceptors (Lipinski definition) is 5. The number of anilines is 2. The lowest BCUT2D eigenvalue weighted by molar-refractivity contribution is -0.115. The fraction of sp³-hybridized carbons (Fsp3) is 0.300. The molecule has 0 radical (unpaired) electrons. The summed E-state index contributed by atoms with van der Waals surface area (Å²) in [6, 6.07) is 9.61. The number of benzene rings is 2. The molecule has 154 valence electrons. The molecule has 1 aromatic heterocycles. The molecule has 0 saturated carbocycles. The Morgan fingerprint density at radius 2 is 2.10 bits per heavy atom. The Kier molecular flexibility index (Phi) is 6.56. The van der Waals surface area contributed by atoms with Crippen molar-refractivity contribution in [3.63, 3.8) is 0 Å². The van der Waals surface area contributed by atoms with Gasteiger partial charge in [-0.1, -0.05) is 11.6 Å². The fourth-order valence-electron chi connectivity index (χ4n) is 2.99. The van der Waals surface area contributed by atoms with Gasteiger partial charge in [0.1, 0.15) is 5.82 Å². The van der Waals surface area contributed by atoms with Gasteiger partial charge < -0.3 is 20.0 Å². The molecule has 0 spiro atoms. The van der Waals surface area contributed by atoms with Crippen molar-refractivity contribution in [2.75, 3.05) is 29.9 Å². The van der Waals surface area contributed by atoms with Crippen LogP contribution in [-0.4, -0.2) is 36.6 Å². The van der Waals surface area contributed by atoms with E-state index >= 15 is 0 Å². The molecule has 7 nitrogen and oxygen atoms in total. The fourth-order valence-corrected chi connectivity index (χ4v) is 3.11. The highest BCUT2D eigenvalue weighted by molar-refractivity contribution is 6.30. The number of oxazole rings is 1. The number of nitrogens with one attached hydrogen (secondary N) is 3. The lowest BCUT2D eigenvalue weighted by atomic mass is 10.2. The maximum Gasteiger partial charge on any atom is 0.417 e. The third kappa shape index (κ3) is 5.36. The van der Waals surface area contributed by atoms with Crippen LogP contribution in [0.1, 0.15) is 13.8 Å². The molecule has 1 amide bonds. The van der Waals surface area contributed by atoms with Crippen molar-refractivity contribution in [2.24, 2.45) is 0 Å². The first-order valence-electron chi connectivity index (χ1n) is 9.22. The average Bonchev–Trinajstić information content (AvgIpc) is 3.06. The summed E-state index contributed by atoms with van der Waals surface area (Å²) in [5.41, 5.74) is 2.21. The molecular weight excluding hydrogens is 399 g/mol. The highest BCUT2D eigenvalue weighted by Crippen LogP contribution is 2.22. The van der Waals surface area contributed by atoms with Crippen molar-refractivity contribution in [1.82, 2.24) is 10.3 Å². The molecule has 9 heteroatoms. The maximum absolute atomic E-state index is 13.7. The first-order valence-corrected chi connectivity index (χ1v) is 9.59.